The van der Waals surface area contributed by atoms with Gasteiger partial charge in [-0.3, -0.25) is 0 Å². The Bertz CT molecular complexity index is 547. The first kappa shape index (κ1) is 12.7. The molecule has 18 heavy (non-hydrogen) atoms. The summed E-state index contributed by atoms with van der Waals surface area (Å²) in [4.78, 5) is 8.31. The van der Waals surface area contributed by atoms with Gasteiger partial charge in [-0.05, 0) is 31.3 Å². The van der Waals surface area contributed by atoms with Gasteiger partial charge >= 0.3 is 0 Å². The molecule has 2 aromatic rings. The Labute approximate surface area is 109 Å². The number of hydrogen-bond acceptors (Lipinski definition) is 4. The maximum atomic E-state index is 13.5. The van der Waals surface area contributed by atoms with E-state index in [9.17, 15) is 4.39 Å². The molecule has 0 saturated heterocycles. The number of hydrogen-bond donors (Lipinski definition) is 2. The fourth-order valence-electron chi connectivity index (χ4n) is 1.44. The Balaban J connectivity index is 2.22. The van der Waals surface area contributed by atoms with Crippen molar-refractivity contribution in [1.82, 2.24) is 15.3 Å². The van der Waals surface area contributed by atoms with E-state index in [2.05, 4.69) is 20.6 Å². The molecule has 0 aliphatic rings. The van der Waals surface area contributed by atoms with Crippen LogP contribution in [-0.4, -0.2) is 17.0 Å². The third-order valence-electron chi connectivity index (χ3n) is 2.23. The van der Waals surface area contributed by atoms with E-state index in [1.807, 2.05) is 0 Å². The van der Waals surface area contributed by atoms with Gasteiger partial charge < -0.3 is 10.6 Å². The lowest BCUT2D eigenvalue weighted by molar-refractivity contribution is 0.631. The number of halogens is 2. The van der Waals surface area contributed by atoms with Crippen molar-refractivity contribution in [3.8, 4) is 0 Å². The molecule has 2 rings (SSSR count). The molecular formula is C12H12ClFN4. The number of aromatic nitrogens is 2. The number of rotatable bonds is 4. The van der Waals surface area contributed by atoms with Crippen LogP contribution in [0.4, 0.5) is 15.9 Å². The summed E-state index contributed by atoms with van der Waals surface area (Å²) in [5.74, 6) is 0.773. The summed E-state index contributed by atoms with van der Waals surface area (Å²) in [5.41, 5.74) is 0.289. The molecule has 0 bridgehead atoms. The van der Waals surface area contributed by atoms with Gasteiger partial charge in [-0.25, -0.2) is 14.4 Å². The summed E-state index contributed by atoms with van der Waals surface area (Å²) in [6, 6.07) is 5.98. The smallest absolute Gasteiger partial charge is 0.146 e. The van der Waals surface area contributed by atoms with Gasteiger partial charge in [0.05, 0.1) is 12.2 Å². The van der Waals surface area contributed by atoms with E-state index in [0.717, 1.165) is 0 Å². The fraction of sp³-hybridized carbons (Fsp3) is 0.167. The third kappa shape index (κ3) is 3.15. The monoisotopic (exact) mass is 266 g/mol. The zero-order valence-electron chi connectivity index (χ0n) is 9.74. The second-order valence-electron chi connectivity index (χ2n) is 3.64. The molecular weight excluding hydrogens is 255 g/mol. The van der Waals surface area contributed by atoms with Crippen molar-refractivity contribution in [2.24, 2.45) is 0 Å². The quantitative estimate of drug-likeness (QED) is 0.893. The largest absolute Gasteiger partial charge is 0.338 e. The molecule has 0 amide bonds. The van der Waals surface area contributed by atoms with Crippen LogP contribution in [-0.2, 0) is 6.54 Å². The van der Waals surface area contributed by atoms with Crippen LogP contribution in [0.5, 0.6) is 0 Å². The minimum atomic E-state index is -0.381. The van der Waals surface area contributed by atoms with Gasteiger partial charge in [0.25, 0.3) is 0 Å². The Morgan fingerprint density at radius 1 is 1.33 bits per heavy atom. The Morgan fingerprint density at radius 3 is 2.94 bits per heavy atom. The standard InChI is InChI=1S/C12H12ClFN4/c1-15-7-12-16-5-4-11(18-12)17-10-6-8(13)2-3-9(10)14/h2-6,15H,7H2,1H3,(H,16,17,18). The Hall–Kier alpha value is -1.72. The summed E-state index contributed by atoms with van der Waals surface area (Å²) in [6.07, 6.45) is 1.62. The number of anilines is 2. The van der Waals surface area contributed by atoms with Gasteiger partial charge in [-0.2, -0.15) is 0 Å². The van der Waals surface area contributed by atoms with Gasteiger partial charge in [0.15, 0.2) is 0 Å². The van der Waals surface area contributed by atoms with Crippen molar-refractivity contribution >= 4 is 23.1 Å². The van der Waals surface area contributed by atoms with Gasteiger partial charge in [-0.1, -0.05) is 11.6 Å². The Kier molecular flexibility index (Phi) is 4.07. The first-order valence-electron chi connectivity index (χ1n) is 5.37. The molecule has 6 heteroatoms. The predicted octanol–water partition coefficient (Wildman–Crippen LogP) is 2.73. The molecule has 1 aromatic heterocycles. The van der Waals surface area contributed by atoms with Crippen molar-refractivity contribution in [3.63, 3.8) is 0 Å². The van der Waals surface area contributed by atoms with Gasteiger partial charge in [0.2, 0.25) is 0 Å². The molecule has 0 spiro atoms. The van der Waals surface area contributed by atoms with Crippen LogP contribution in [0, 0.1) is 5.82 Å². The predicted molar refractivity (Wildman–Crippen MR) is 69.5 cm³/mol. The number of nitrogens with one attached hydrogen (secondary N) is 2. The fourth-order valence-corrected chi connectivity index (χ4v) is 1.62. The van der Waals surface area contributed by atoms with Gasteiger partial charge in [0.1, 0.15) is 17.5 Å². The lowest BCUT2D eigenvalue weighted by Crippen LogP contribution is -2.09. The Morgan fingerprint density at radius 2 is 2.17 bits per heavy atom. The van der Waals surface area contributed by atoms with E-state index < -0.39 is 0 Å². The maximum absolute atomic E-state index is 13.5. The van der Waals surface area contributed by atoms with Crippen molar-refractivity contribution in [2.75, 3.05) is 12.4 Å². The molecule has 0 aliphatic carbocycles. The highest BCUT2D eigenvalue weighted by atomic mass is 35.5. The van der Waals surface area contributed by atoms with E-state index in [0.29, 0.717) is 23.2 Å². The van der Waals surface area contributed by atoms with Gasteiger partial charge in [-0.15, -0.1) is 0 Å². The minimum Gasteiger partial charge on any atom is -0.338 e. The summed E-state index contributed by atoms with van der Waals surface area (Å²) >= 11 is 5.81. The molecule has 0 saturated carbocycles. The van der Waals surface area contributed by atoms with E-state index in [4.69, 9.17) is 11.6 Å². The van der Waals surface area contributed by atoms with Crippen molar-refractivity contribution in [3.05, 3.63) is 47.1 Å². The third-order valence-corrected chi connectivity index (χ3v) is 2.47. The summed E-state index contributed by atoms with van der Waals surface area (Å²) in [7, 11) is 1.81. The lowest BCUT2D eigenvalue weighted by Gasteiger charge is -2.08. The molecule has 0 radical (unpaired) electrons. The van der Waals surface area contributed by atoms with E-state index in [1.165, 1.54) is 18.2 Å². The van der Waals surface area contributed by atoms with Crippen LogP contribution in [0.1, 0.15) is 5.82 Å². The molecule has 1 heterocycles. The van der Waals surface area contributed by atoms with Crippen LogP contribution in [0.2, 0.25) is 5.02 Å². The van der Waals surface area contributed by atoms with E-state index >= 15 is 0 Å². The molecule has 4 nitrogen and oxygen atoms in total. The SMILES string of the molecule is CNCc1nccc(Nc2cc(Cl)ccc2F)n1. The molecule has 2 N–H and O–H groups in total. The minimum absolute atomic E-state index is 0.289. The zero-order chi connectivity index (χ0) is 13.0. The topological polar surface area (TPSA) is 49.8 Å². The zero-order valence-corrected chi connectivity index (χ0v) is 10.5. The first-order chi connectivity index (χ1) is 8.69. The van der Waals surface area contributed by atoms with Crippen LogP contribution in [0.15, 0.2) is 30.5 Å². The summed E-state index contributed by atoms with van der Waals surface area (Å²) in [5, 5.41) is 6.28. The van der Waals surface area contributed by atoms with E-state index in [1.54, 1.807) is 19.3 Å². The lowest BCUT2D eigenvalue weighted by atomic mass is 10.3. The molecule has 1 aromatic carbocycles. The summed E-state index contributed by atoms with van der Waals surface area (Å²) in [6.45, 7) is 0.549. The van der Waals surface area contributed by atoms with Crippen LogP contribution in [0.3, 0.4) is 0 Å². The second-order valence-corrected chi connectivity index (χ2v) is 4.07. The molecule has 0 aliphatic heterocycles. The summed E-state index contributed by atoms with van der Waals surface area (Å²) < 4.78 is 13.5. The average Bonchev–Trinajstić information content (AvgIpc) is 2.35. The molecule has 0 fully saturated rings. The van der Waals surface area contributed by atoms with Crippen molar-refractivity contribution in [2.45, 2.75) is 6.54 Å². The highest BCUT2D eigenvalue weighted by Crippen LogP contribution is 2.22. The van der Waals surface area contributed by atoms with Crippen LogP contribution in [0.25, 0.3) is 0 Å². The van der Waals surface area contributed by atoms with Crippen LogP contribution < -0.4 is 10.6 Å². The number of nitrogens with zero attached hydrogens (tertiary/aromatic N) is 2. The van der Waals surface area contributed by atoms with Gasteiger partial charge in [0, 0.05) is 11.2 Å². The first-order valence-corrected chi connectivity index (χ1v) is 5.75. The molecule has 94 valence electrons. The maximum Gasteiger partial charge on any atom is 0.146 e. The normalized spacial score (nSPS) is 10.4. The molecule has 0 atom stereocenters. The molecule has 0 unspecified atom stereocenters. The van der Waals surface area contributed by atoms with Crippen molar-refractivity contribution < 1.29 is 4.39 Å². The highest BCUT2D eigenvalue weighted by Gasteiger charge is 2.05. The van der Waals surface area contributed by atoms with E-state index in [-0.39, 0.29) is 11.5 Å². The second kappa shape index (κ2) is 5.75. The average molecular weight is 267 g/mol. The van der Waals surface area contributed by atoms with Crippen molar-refractivity contribution in [1.29, 1.82) is 0 Å². The highest BCUT2D eigenvalue weighted by molar-refractivity contribution is 6.30. The van der Waals surface area contributed by atoms with Crippen LogP contribution >= 0.6 is 11.6 Å². The number of benzene rings is 1.